The van der Waals surface area contributed by atoms with Crippen molar-refractivity contribution < 1.29 is 14.2 Å². The highest BCUT2D eigenvalue weighted by molar-refractivity contribution is 5.93. The number of aromatic nitrogens is 4. The molecule has 190 valence electrons. The lowest BCUT2D eigenvalue weighted by Crippen LogP contribution is -2.50. The molecule has 0 spiro atoms. The van der Waals surface area contributed by atoms with Gasteiger partial charge in [0.15, 0.2) is 0 Å². The Bertz CT molecular complexity index is 1470. The Balaban J connectivity index is 1.22. The van der Waals surface area contributed by atoms with Gasteiger partial charge in [-0.15, -0.1) is 0 Å². The Morgan fingerprint density at radius 1 is 1.11 bits per heavy atom. The number of benzene rings is 1. The molecular formula is C28H29FN6O2. The maximum atomic E-state index is 14.2. The fourth-order valence-corrected chi connectivity index (χ4v) is 6.24. The topological polar surface area (TPSA) is 90.4 Å². The summed E-state index contributed by atoms with van der Waals surface area (Å²) in [5, 5.41) is 17.7. The molecule has 1 aliphatic carbocycles. The van der Waals surface area contributed by atoms with E-state index in [1.165, 1.54) is 0 Å². The van der Waals surface area contributed by atoms with E-state index in [4.69, 9.17) is 14.7 Å². The second kappa shape index (κ2) is 8.78. The molecule has 37 heavy (non-hydrogen) atoms. The molecule has 4 aromatic rings. The van der Waals surface area contributed by atoms with Crippen LogP contribution < -0.4 is 9.64 Å². The molecule has 8 nitrogen and oxygen atoms in total. The number of hydrogen-bond donors (Lipinski definition) is 2. The minimum absolute atomic E-state index is 0.223. The van der Waals surface area contributed by atoms with Gasteiger partial charge in [0.05, 0.1) is 18.7 Å². The number of aromatic amines is 1. The van der Waals surface area contributed by atoms with Crippen molar-refractivity contribution in [1.82, 2.24) is 25.1 Å². The fraction of sp³-hybridized carbons (Fsp3) is 0.393. The summed E-state index contributed by atoms with van der Waals surface area (Å²) in [6, 6.07) is 12.3. The van der Waals surface area contributed by atoms with Crippen LogP contribution in [0.3, 0.4) is 0 Å². The van der Waals surface area contributed by atoms with Crippen LogP contribution in [0, 0.1) is 0 Å². The van der Waals surface area contributed by atoms with Gasteiger partial charge in [0.1, 0.15) is 34.6 Å². The summed E-state index contributed by atoms with van der Waals surface area (Å²) in [5.74, 6) is 1.56. The molecule has 2 unspecified atom stereocenters. The van der Waals surface area contributed by atoms with E-state index in [9.17, 15) is 9.50 Å². The van der Waals surface area contributed by atoms with Gasteiger partial charge < -0.3 is 14.7 Å². The zero-order valence-corrected chi connectivity index (χ0v) is 20.7. The van der Waals surface area contributed by atoms with E-state index in [2.05, 4.69) is 20.0 Å². The number of fused-ring (bicyclic) bond motifs is 3. The molecule has 3 aliphatic rings. The molecule has 2 fully saturated rings. The minimum Gasteiger partial charge on any atom is -0.494 e. The van der Waals surface area contributed by atoms with Crippen LogP contribution in [0.1, 0.15) is 17.5 Å². The van der Waals surface area contributed by atoms with Gasteiger partial charge in [0, 0.05) is 68.5 Å². The molecule has 3 aromatic heterocycles. The first-order valence-electron chi connectivity index (χ1n) is 12.9. The van der Waals surface area contributed by atoms with Crippen molar-refractivity contribution in [3.8, 4) is 28.3 Å². The SMILES string of the molecule is COc1cc2[nH]nc(-c3ccc(N4CCN5CC(O)C[C@H]5C4)nc3)c2nc1-c1cccc2c1CC(F)C2. The normalized spacial score (nSPS) is 23.4. The number of alkyl halides is 1. The smallest absolute Gasteiger partial charge is 0.147 e. The van der Waals surface area contributed by atoms with Gasteiger partial charge in [-0.1, -0.05) is 18.2 Å². The molecule has 2 aliphatic heterocycles. The number of hydrogen-bond acceptors (Lipinski definition) is 7. The molecule has 0 radical (unpaired) electrons. The van der Waals surface area contributed by atoms with E-state index in [0.29, 0.717) is 30.3 Å². The van der Waals surface area contributed by atoms with Gasteiger partial charge in [-0.25, -0.2) is 14.4 Å². The first kappa shape index (κ1) is 22.6. The standard InChI is InChI=1S/C28H29FN6O2/c1-37-24-12-23-28(31-27(24)21-4-2-3-16-9-18(29)10-22(16)21)26(33-32-23)17-5-6-25(30-13-17)35-8-7-34-15-20(36)11-19(34)14-35/h2-6,12-13,18-20,36H,7-11,14-15H2,1H3,(H,32,33)/t18?,19-,20?/m0/s1. The number of piperazine rings is 1. The molecule has 3 atom stereocenters. The lowest BCUT2D eigenvalue weighted by atomic mass is 9.99. The summed E-state index contributed by atoms with van der Waals surface area (Å²) in [4.78, 5) is 14.4. The van der Waals surface area contributed by atoms with Gasteiger partial charge in [-0.2, -0.15) is 5.10 Å². The quantitative estimate of drug-likeness (QED) is 0.444. The number of nitrogens with zero attached hydrogens (tertiary/aromatic N) is 5. The third-order valence-electron chi connectivity index (χ3n) is 8.05. The number of H-pyrrole nitrogens is 1. The lowest BCUT2D eigenvalue weighted by molar-refractivity contribution is 0.173. The van der Waals surface area contributed by atoms with Gasteiger partial charge in [-0.05, 0) is 29.7 Å². The average Bonchev–Trinajstić information content (AvgIpc) is 3.61. The largest absolute Gasteiger partial charge is 0.494 e. The van der Waals surface area contributed by atoms with Crippen LogP contribution in [0.25, 0.3) is 33.5 Å². The van der Waals surface area contributed by atoms with Gasteiger partial charge >= 0.3 is 0 Å². The Morgan fingerprint density at radius 3 is 2.86 bits per heavy atom. The Morgan fingerprint density at radius 2 is 2.03 bits per heavy atom. The summed E-state index contributed by atoms with van der Waals surface area (Å²) < 4.78 is 19.9. The van der Waals surface area contributed by atoms with E-state index in [1.807, 2.05) is 42.6 Å². The number of aliphatic hydroxyl groups excluding tert-OH is 1. The Labute approximate surface area is 214 Å². The van der Waals surface area contributed by atoms with Crippen LogP contribution in [0.5, 0.6) is 5.75 Å². The minimum atomic E-state index is -0.860. The van der Waals surface area contributed by atoms with Crippen molar-refractivity contribution in [2.45, 2.75) is 37.6 Å². The van der Waals surface area contributed by atoms with Crippen LogP contribution in [0.15, 0.2) is 42.6 Å². The zero-order chi connectivity index (χ0) is 25.1. The monoisotopic (exact) mass is 500 g/mol. The third kappa shape index (κ3) is 3.84. The van der Waals surface area contributed by atoms with Crippen LogP contribution in [-0.2, 0) is 12.8 Å². The fourth-order valence-electron chi connectivity index (χ4n) is 6.24. The van der Waals surface area contributed by atoms with Crippen molar-refractivity contribution >= 4 is 16.9 Å². The summed E-state index contributed by atoms with van der Waals surface area (Å²) in [6.07, 6.45) is 2.43. The highest BCUT2D eigenvalue weighted by Gasteiger charge is 2.35. The van der Waals surface area contributed by atoms with E-state index in [0.717, 1.165) is 77.4 Å². The molecule has 1 aromatic carbocycles. The van der Waals surface area contributed by atoms with Gasteiger partial charge in [0.2, 0.25) is 0 Å². The van der Waals surface area contributed by atoms with Crippen molar-refractivity contribution in [1.29, 1.82) is 0 Å². The summed E-state index contributed by atoms with van der Waals surface area (Å²) in [5.41, 5.74) is 6.74. The van der Waals surface area contributed by atoms with E-state index in [-0.39, 0.29) is 6.10 Å². The summed E-state index contributed by atoms with van der Waals surface area (Å²) >= 11 is 0. The molecule has 5 heterocycles. The predicted octanol–water partition coefficient (Wildman–Crippen LogP) is 3.39. The van der Waals surface area contributed by atoms with E-state index < -0.39 is 6.17 Å². The molecular weight excluding hydrogens is 471 g/mol. The lowest BCUT2D eigenvalue weighted by Gasteiger charge is -2.37. The predicted molar refractivity (Wildman–Crippen MR) is 140 cm³/mol. The number of rotatable bonds is 4. The number of methoxy groups -OCH3 is 1. The maximum absolute atomic E-state index is 14.2. The maximum Gasteiger partial charge on any atom is 0.147 e. The van der Waals surface area contributed by atoms with Crippen LogP contribution in [0.2, 0.25) is 0 Å². The summed E-state index contributed by atoms with van der Waals surface area (Å²) in [6.45, 7) is 3.49. The molecule has 0 bridgehead atoms. The van der Waals surface area contributed by atoms with Crippen molar-refractivity contribution in [2.75, 3.05) is 38.2 Å². The van der Waals surface area contributed by atoms with Crippen molar-refractivity contribution in [2.24, 2.45) is 0 Å². The van der Waals surface area contributed by atoms with Gasteiger partial charge in [-0.3, -0.25) is 10.00 Å². The molecule has 9 heteroatoms. The Kier molecular flexibility index (Phi) is 5.37. The average molecular weight is 501 g/mol. The number of nitrogens with one attached hydrogen (secondary N) is 1. The number of anilines is 1. The van der Waals surface area contributed by atoms with Crippen molar-refractivity contribution in [3.63, 3.8) is 0 Å². The number of ether oxygens (including phenoxy) is 1. The summed E-state index contributed by atoms with van der Waals surface area (Å²) in [7, 11) is 1.62. The van der Waals surface area contributed by atoms with Crippen LogP contribution in [0.4, 0.5) is 10.2 Å². The van der Waals surface area contributed by atoms with E-state index in [1.54, 1.807) is 7.11 Å². The zero-order valence-electron chi connectivity index (χ0n) is 20.7. The highest BCUT2D eigenvalue weighted by Crippen LogP contribution is 2.39. The third-order valence-corrected chi connectivity index (χ3v) is 8.05. The van der Waals surface area contributed by atoms with Gasteiger partial charge in [0.25, 0.3) is 0 Å². The Hall–Kier alpha value is -3.56. The molecule has 0 saturated carbocycles. The van der Waals surface area contributed by atoms with Crippen LogP contribution in [-0.4, -0.2) is 81.8 Å². The number of pyridine rings is 2. The van der Waals surface area contributed by atoms with Crippen LogP contribution >= 0.6 is 0 Å². The number of aliphatic hydroxyl groups is 1. The first-order valence-corrected chi connectivity index (χ1v) is 12.9. The highest BCUT2D eigenvalue weighted by atomic mass is 19.1. The molecule has 7 rings (SSSR count). The molecule has 2 saturated heterocycles. The number of halogens is 1. The van der Waals surface area contributed by atoms with E-state index >= 15 is 0 Å². The second-order valence-electron chi connectivity index (χ2n) is 10.3. The molecule has 0 amide bonds. The molecule has 2 N–H and O–H groups in total. The first-order chi connectivity index (χ1) is 18.1. The van der Waals surface area contributed by atoms with Crippen molar-refractivity contribution in [3.05, 3.63) is 53.7 Å². The second-order valence-corrected chi connectivity index (χ2v) is 10.3.